The van der Waals surface area contributed by atoms with Crippen molar-refractivity contribution in [3.63, 3.8) is 0 Å². The molecule has 9 heteroatoms. The Morgan fingerprint density at radius 3 is 2.70 bits per heavy atom. The van der Waals surface area contributed by atoms with Crippen molar-refractivity contribution in [2.24, 2.45) is 0 Å². The minimum absolute atomic E-state index is 0.0293. The summed E-state index contributed by atoms with van der Waals surface area (Å²) in [6, 6.07) is 1.79. The van der Waals surface area contributed by atoms with Gasteiger partial charge in [-0.3, -0.25) is 0 Å². The van der Waals surface area contributed by atoms with Crippen molar-refractivity contribution in [1.29, 1.82) is 0 Å². The van der Waals surface area contributed by atoms with Crippen LogP contribution in [0.4, 0.5) is 13.2 Å². The van der Waals surface area contributed by atoms with Crippen LogP contribution in [0.5, 0.6) is 0 Å². The summed E-state index contributed by atoms with van der Waals surface area (Å²) in [4.78, 5) is 9.59. The van der Waals surface area contributed by atoms with Gasteiger partial charge in [-0.15, -0.1) is 11.3 Å². The molecular formula is C11H6ClF3N4S. The van der Waals surface area contributed by atoms with Crippen LogP contribution in [0.1, 0.15) is 10.4 Å². The van der Waals surface area contributed by atoms with Crippen molar-refractivity contribution in [2.75, 3.05) is 0 Å². The Bertz CT molecular complexity index is 793. The van der Waals surface area contributed by atoms with Gasteiger partial charge in [-0.2, -0.15) is 23.3 Å². The third-order valence-electron chi connectivity index (χ3n) is 2.60. The first-order valence-electron chi connectivity index (χ1n) is 5.40. The van der Waals surface area contributed by atoms with E-state index in [0.29, 0.717) is 10.2 Å². The standard InChI is InChI=1S/C11H6ClF3N4S/c1-5-2-7-8(17-10(12)18-9(7)20-5)19-4-6(3-16-19)11(13,14)15/h2-4H,1H3. The van der Waals surface area contributed by atoms with Crippen LogP contribution < -0.4 is 0 Å². The molecule has 0 fully saturated rings. The van der Waals surface area contributed by atoms with Crippen molar-refractivity contribution in [3.05, 3.63) is 34.2 Å². The first-order valence-corrected chi connectivity index (χ1v) is 6.60. The maximum absolute atomic E-state index is 12.6. The molecule has 4 nitrogen and oxygen atoms in total. The van der Waals surface area contributed by atoms with Crippen molar-refractivity contribution >= 4 is 33.2 Å². The normalized spacial score (nSPS) is 12.2. The number of hydrogen-bond acceptors (Lipinski definition) is 4. The molecule has 3 aromatic heterocycles. The Hall–Kier alpha value is -1.67. The van der Waals surface area contributed by atoms with Gasteiger partial charge in [-0.05, 0) is 24.6 Å². The molecule has 0 spiro atoms. The Labute approximate surface area is 119 Å². The number of hydrogen-bond donors (Lipinski definition) is 0. The second kappa shape index (κ2) is 4.42. The van der Waals surface area contributed by atoms with E-state index in [-0.39, 0.29) is 11.1 Å². The molecular weight excluding hydrogens is 313 g/mol. The second-order valence-corrected chi connectivity index (χ2v) is 5.64. The highest BCUT2D eigenvalue weighted by Gasteiger charge is 2.32. The van der Waals surface area contributed by atoms with Gasteiger partial charge in [-0.1, -0.05) is 0 Å². The number of fused-ring (bicyclic) bond motifs is 1. The smallest absolute Gasteiger partial charge is 0.221 e. The summed E-state index contributed by atoms with van der Waals surface area (Å²) in [6.45, 7) is 1.87. The van der Waals surface area contributed by atoms with Crippen molar-refractivity contribution in [3.8, 4) is 5.82 Å². The van der Waals surface area contributed by atoms with E-state index in [9.17, 15) is 13.2 Å². The summed E-state index contributed by atoms with van der Waals surface area (Å²) in [5, 5.41) is 4.30. The van der Waals surface area contributed by atoms with Crippen LogP contribution in [0.3, 0.4) is 0 Å². The number of halogens is 4. The maximum Gasteiger partial charge on any atom is 0.419 e. The minimum Gasteiger partial charge on any atom is -0.221 e. The molecule has 0 amide bonds. The Morgan fingerprint density at radius 2 is 2.05 bits per heavy atom. The molecule has 0 aliphatic heterocycles. The lowest BCUT2D eigenvalue weighted by Crippen LogP contribution is -2.03. The molecule has 104 valence electrons. The van der Waals surface area contributed by atoms with Crippen LogP contribution >= 0.6 is 22.9 Å². The van der Waals surface area contributed by atoms with Gasteiger partial charge in [0.25, 0.3) is 0 Å². The summed E-state index contributed by atoms with van der Waals surface area (Å²) in [5.41, 5.74) is -0.840. The van der Waals surface area contributed by atoms with Crippen LogP contribution in [0.25, 0.3) is 16.0 Å². The fourth-order valence-electron chi connectivity index (χ4n) is 1.76. The summed E-state index contributed by atoms with van der Waals surface area (Å²) >= 11 is 7.19. The molecule has 3 heterocycles. The van der Waals surface area contributed by atoms with E-state index in [4.69, 9.17) is 11.6 Å². The van der Waals surface area contributed by atoms with Crippen LogP contribution in [0.15, 0.2) is 18.5 Å². The van der Waals surface area contributed by atoms with Gasteiger partial charge in [0.2, 0.25) is 5.28 Å². The third kappa shape index (κ3) is 2.25. The van der Waals surface area contributed by atoms with E-state index in [1.807, 2.05) is 6.92 Å². The average Bonchev–Trinajstić information content (AvgIpc) is 2.92. The van der Waals surface area contributed by atoms with E-state index in [1.54, 1.807) is 6.07 Å². The molecule has 0 aliphatic carbocycles. The van der Waals surface area contributed by atoms with Crippen molar-refractivity contribution in [1.82, 2.24) is 19.7 Å². The van der Waals surface area contributed by atoms with Crippen molar-refractivity contribution < 1.29 is 13.2 Å². The molecule has 0 bridgehead atoms. The molecule has 0 aliphatic rings. The molecule has 0 atom stereocenters. The predicted octanol–water partition coefficient (Wildman–Crippen LogP) is 3.86. The topological polar surface area (TPSA) is 43.6 Å². The van der Waals surface area contributed by atoms with Crippen LogP contribution in [0, 0.1) is 6.92 Å². The van der Waals surface area contributed by atoms with E-state index in [0.717, 1.165) is 22.0 Å². The largest absolute Gasteiger partial charge is 0.419 e. The highest BCUT2D eigenvalue weighted by atomic mass is 35.5. The molecule has 3 rings (SSSR count). The molecule has 20 heavy (non-hydrogen) atoms. The molecule has 0 radical (unpaired) electrons. The summed E-state index contributed by atoms with van der Waals surface area (Å²) < 4.78 is 38.9. The fourth-order valence-corrected chi connectivity index (χ4v) is 2.85. The first kappa shape index (κ1) is 13.3. The summed E-state index contributed by atoms with van der Waals surface area (Å²) in [7, 11) is 0. The van der Waals surface area contributed by atoms with Crippen LogP contribution in [-0.4, -0.2) is 19.7 Å². The Kier molecular flexibility index (Phi) is 2.94. The van der Waals surface area contributed by atoms with Gasteiger partial charge in [0.05, 0.1) is 17.1 Å². The molecule has 0 N–H and O–H groups in total. The molecule has 3 aromatic rings. The zero-order valence-electron chi connectivity index (χ0n) is 9.94. The summed E-state index contributed by atoms with van der Waals surface area (Å²) in [5.74, 6) is 0.236. The minimum atomic E-state index is -4.45. The lowest BCUT2D eigenvalue weighted by Gasteiger charge is -2.03. The number of alkyl halides is 3. The molecule has 0 aromatic carbocycles. The van der Waals surface area contributed by atoms with Gasteiger partial charge in [0.1, 0.15) is 4.83 Å². The molecule has 0 saturated carbocycles. The quantitative estimate of drug-likeness (QED) is 0.640. The average molecular weight is 319 g/mol. The number of aryl methyl sites for hydroxylation is 1. The Balaban J connectivity index is 2.21. The van der Waals surface area contributed by atoms with Crippen molar-refractivity contribution in [2.45, 2.75) is 13.1 Å². The van der Waals surface area contributed by atoms with Gasteiger partial charge >= 0.3 is 6.18 Å². The second-order valence-electron chi connectivity index (χ2n) is 4.06. The lowest BCUT2D eigenvalue weighted by molar-refractivity contribution is -0.137. The SMILES string of the molecule is Cc1cc2c(-n3cc(C(F)(F)F)cn3)nc(Cl)nc2s1. The van der Waals surface area contributed by atoms with E-state index in [2.05, 4.69) is 15.1 Å². The zero-order chi connectivity index (χ0) is 14.5. The van der Waals surface area contributed by atoms with E-state index < -0.39 is 11.7 Å². The molecule has 0 saturated heterocycles. The highest BCUT2D eigenvalue weighted by Crippen LogP contribution is 2.31. The monoisotopic (exact) mass is 318 g/mol. The fraction of sp³-hybridized carbons (Fsp3) is 0.182. The lowest BCUT2D eigenvalue weighted by atomic mass is 10.3. The van der Waals surface area contributed by atoms with Crippen LogP contribution in [-0.2, 0) is 6.18 Å². The third-order valence-corrected chi connectivity index (χ3v) is 3.71. The number of aromatic nitrogens is 4. The van der Waals surface area contributed by atoms with Gasteiger partial charge in [-0.25, -0.2) is 9.67 Å². The number of rotatable bonds is 1. The molecule has 0 unspecified atom stereocenters. The van der Waals surface area contributed by atoms with Gasteiger partial charge in [0, 0.05) is 11.1 Å². The zero-order valence-corrected chi connectivity index (χ0v) is 11.5. The van der Waals surface area contributed by atoms with E-state index >= 15 is 0 Å². The van der Waals surface area contributed by atoms with Gasteiger partial charge in [0.15, 0.2) is 5.82 Å². The summed E-state index contributed by atoms with van der Waals surface area (Å²) in [6.07, 6.45) is -2.81. The van der Waals surface area contributed by atoms with E-state index in [1.165, 1.54) is 11.3 Å². The van der Waals surface area contributed by atoms with Gasteiger partial charge < -0.3 is 0 Å². The maximum atomic E-state index is 12.6. The number of nitrogens with zero attached hydrogens (tertiary/aromatic N) is 4. The van der Waals surface area contributed by atoms with Crippen LogP contribution in [0.2, 0.25) is 5.28 Å². The first-order chi connectivity index (χ1) is 9.34. The number of thiophene rings is 1. The highest BCUT2D eigenvalue weighted by molar-refractivity contribution is 7.18. The Morgan fingerprint density at radius 1 is 1.30 bits per heavy atom. The predicted molar refractivity (Wildman–Crippen MR) is 69.3 cm³/mol.